The summed E-state index contributed by atoms with van der Waals surface area (Å²) in [5, 5.41) is 9.18. The Morgan fingerprint density at radius 3 is 2.43 bits per heavy atom. The van der Waals surface area contributed by atoms with Gasteiger partial charge >= 0.3 is 11.8 Å². The van der Waals surface area contributed by atoms with E-state index in [9.17, 15) is 14.4 Å². The Morgan fingerprint density at radius 1 is 1.00 bits per heavy atom. The molecule has 37 heavy (non-hydrogen) atoms. The summed E-state index contributed by atoms with van der Waals surface area (Å²) in [7, 11) is 1.46. The van der Waals surface area contributed by atoms with E-state index >= 15 is 0 Å². The molecule has 0 aromatic heterocycles. The number of nitrogens with one attached hydrogen (secondary N) is 3. The average molecular weight is 567 g/mol. The normalized spacial score (nSPS) is 10.6. The van der Waals surface area contributed by atoms with Gasteiger partial charge in [0.15, 0.2) is 18.1 Å². The summed E-state index contributed by atoms with van der Waals surface area (Å²) in [6.07, 6.45) is 1.35. The van der Waals surface area contributed by atoms with Gasteiger partial charge in [-0.05, 0) is 64.7 Å². The van der Waals surface area contributed by atoms with Crippen molar-refractivity contribution in [3.63, 3.8) is 0 Å². The van der Waals surface area contributed by atoms with Crippen LogP contribution in [0.2, 0.25) is 0 Å². The third-order valence-corrected chi connectivity index (χ3v) is 5.77. The molecule has 0 saturated heterocycles. The number of anilines is 1. The van der Waals surface area contributed by atoms with Crippen molar-refractivity contribution in [3.05, 3.63) is 87.4 Å². The number of amides is 3. The first-order valence-corrected chi connectivity index (χ1v) is 12.1. The fraction of sp³-hybridized carbons (Fsp3) is 0.185. The van der Waals surface area contributed by atoms with Crippen LogP contribution in [0.15, 0.2) is 70.2 Å². The maximum atomic E-state index is 12.3. The van der Waals surface area contributed by atoms with E-state index in [0.717, 1.165) is 16.7 Å². The van der Waals surface area contributed by atoms with Gasteiger partial charge in [-0.3, -0.25) is 14.4 Å². The molecule has 9 nitrogen and oxygen atoms in total. The van der Waals surface area contributed by atoms with Crippen LogP contribution in [0.1, 0.15) is 22.3 Å². The molecule has 3 N–H and O–H groups in total. The lowest BCUT2D eigenvalue weighted by Crippen LogP contribution is -2.37. The molecule has 0 aliphatic carbocycles. The van der Waals surface area contributed by atoms with Crippen LogP contribution >= 0.6 is 15.9 Å². The van der Waals surface area contributed by atoms with Crippen molar-refractivity contribution in [2.45, 2.75) is 20.4 Å². The van der Waals surface area contributed by atoms with Gasteiger partial charge in [0.25, 0.3) is 5.91 Å². The van der Waals surface area contributed by atoms with Crippen LogP contribution in [0.5, 0.6) is 11.5 Å². The highest BCUT2D eigenvalue weighted by molar-refractivity contribution is 9.10. The standard InChI is InChI=1S/C27H27BrN4O5/c1-17-8-10-19(11-9-17)14-29-26(34)27(35)32-30-15-20-12-21(28)25(23(13-20)36-3)37-16-24(33)31-22-7-5-4-6-18(22)2/h4-13,15H,14,16H2,1-3H3,(H,29,34)(H,31,33)(H,32,35)/b30-15-. The molecule has 192 valence electrons. The van der Waals surface area contributed by atoms with E-state index in [2.05, 4.69) is 37.1 Å². The minimum Gasteiger partial charge on any atom is -0.493 e. The number of para-hydroxylation sites is 1. The number of hydrogen-bond donors (Lipinski definition) is 3. The van der Waals surface area contributed by atoms with Crippen LogP contribution in [0, 0.1) is 13.8 Å². The Balaban J connectivity index is 1.54. The minimum absolute atomic E-state index is 0.227. The third kappa shape index (κ3) is 8.18. The molecule has 0 aliphatic rings. The molecule has 10 heteroatoms. The monoisotopic (exact) mass is 566 g/mol. The smallest absolute Gasteiger partial charge is 0.329 e. The molecule has 0 fully saturated rings. The van der Waals surface area contributed by atoms with E-state index in [1.807, 2.05) is 62.4 Å². The van der Waals surface area contributed by atoms with Gasteiger partial charge in [0, 0.05) is 12.2 Å². The molecule has 3 aromatic carbocycles. The largest absolute Gasteiger partial charge is 0.493 e. The predicted molar refractivity (Wildman–Crippen MR) is 145 cm³/mol. The SMILES string of the molecule is COc1cc(/C=N\NC(=O)C(=O)NCc2ccc(C)cc2)cc(Br)c1OCC(=O)Nc1ccccc1C. The van der Waals surface area contributed by atoms with Crippen molar-refractivity contribution < 1.29 is 23.9 Å². The van der Waals surface area contributed by atoms with Crippen LogP contribution in [0.4, 0.5) is 5.69 Å². The summed E-state index contributed by atoms with van der Waals surface area (Å²) in [5.74, 6) is -1.34. The Labute approximate surface area is 223 Å². The van der Waals surface area contributed by atoms with Crippen LogP contribution in [0.25, 0.3) is 0 Å². The molecule has 0 bridgehead atoms. The van der Waals surface area contributed by atoms with Gasteiger partial charge < -0.3 is 20.1 Å². The van der Waals surface area contributed by atoms with Gasteiger partial charge in [-0.1, -0.05) is 48.0 Å². The second kappa shape index (κ2) is 13.2. The first-order valence-electron chi connectivity index (χ1n) is 11.3. The zero-order valence-electron chi connectivity index (χ0n) is 20.6. The van der Waals surface area contributed by atoms with Crippen molar-refractivity contribution in [1.82, 2.24) is 10.7 Å². The minimum atomic E-state index is -0.894. The van der Waals surface area contributed by atoms with Gasteiger partial charge in [-0.25, -0.2) is 5.43 Å². The summed E-state index contributed by atoms with van der Waals surface area (Å²) in [6.45, 7) is 3.86. The molecule has 0 radical (unpaired) electrons. The molecular weight excluding hydrogens is 540 g/mol. The third-order valence-electron chi connectivity index (χ3n) is 5.18. The number of carbonyl (C=O) groups is 3. The number of benzene rings is 3. The summed E-state index contributed by atoms with van der Waals surface area (Å²) in [6, 6.07) is 18.3. The number of aryl methyl sites for hydroxylation is 2. The van der Waals surface area contributed by atoms with Gasteiger partial charge in [-0.15, -0.1) is 0 Å². The van der Waals surface area contributed by atoms with Crippen molar-refractivity contribution >= 4 is 45.6 Å². The number of hydrogen-bond acceptors (Lipinski definition) is 6. The zero-order chi connectivity index (χ0) is 26.8. The summed E-state index contributed by atoms with van der Waals surface area (Å²) >= 11 is 3.41. The summed E-state index contributed by atoms with van der Waals surface area (Å²) in [5.41, 5.74) is 6.38. The second-order valence-corrected chi connectivity index (χ2v) is 8.91. The molecule has 0 spiro atoms. The van der Waals surface area contributed by atoms with Crippen LogP contribution in [-0.2, 0) is 20.9 Å². The number of rotatable bonds is 9. The van der Waals surface area contributed by atoms with E-state index in [1.165, 1.54) is 13.3 Å². The predicted octanol–water partition coefficient (Wildman–Crippen LogP) is 3.86. The molecule has 3 amide bonds. The van der Waals surface area contributed by atoms with Crippen LogP contribution in [0.3, 0.4) is 0 Å². The Hall–Kier alpha value is -4.18. The van der Waals surface area contributed by atoms with Gasteiger partial charge in [0.05, 0.1) is 17.8 Å². The maximum Gasteiger partial charge on any atom is 0.329 e. The number of halogens is 1. The second-order valence-electron chi connectivity index (χ2n) is 8.05. The average Bonchev–Trinajstić information content (AvgIpc) is 2.88. The highest BCUT2D eigenvalue weighted by atomic mass is 79.9. The Bertz CT molecular complexity index is 1310. The first kappa shape index (κ1) is 27.4. The molecule has 0 aliphatic heterocycles. The molecule has 3 aromatic rings. The van der Waals surface area contributed by atoms with E-state index < -0.39 is 11.8 Å². The fourth-order valence-corrected chi connectivity index (χ4v) is 3.75. The van der Waals surface area contributed by atoms with E-state index in [4.69, 9.17) is 9.47 Å². The quantitative estimate of drug-likeness (QED) is 0.206. The van der Waals surface area contributed by atoms with Crippen molar-refractivity contribution in [3.8, 4) is 11.5 Å². The summed E-state index contributed by atoms with van der Waals surface area (Å²) < 4.78 is 11.6. The van der Waals surface area contributed by atoms with E-state index in [1.54, 1.807) is 12.1 Å². The zero-order valence-corrected chi connectivity index (χ0v) is 22.2. The molecule has 0 heterocycles. The summed E-state index contributed by atoms with van der Waals surface area (Å²) in [4.78, 5) is 36.4. The molecule has 3 rings (SSSR count). The van der Waals surface area contributed by atoms with Gasteiger partial charge in [-0.2, -0.15) is 5.10 Å². The number of hydrazone groups is 1. The van der Waals surface area contributed by atoms with Gasteiger partial charge in [0.2, 0.25) is 0 Å². The maximum absolute atomic E-state index is 12.3. The fourth-order valence-electron chi connectivity index (χ4n) is 3.18. The van der Waals surface area contributed by atoms with Gasteiger partial charge in [0.1, 0.15) is 0 Å². The number of ether oxygens (including phenoxy) is 2. The lowest BCUT2D eigenvalue weighted by atomic mass is 10.1. The van der Waals surface area contributed by atoms with Crippen molar-refractivity contribution in [2.75, 3.05) is 19.0 Å². The highest BCUT2D eigenvalue weighted by Crippen LogP contribution is 2.36. The molecular formula is C27H27BrN4O5. The number of nitrogens with zero attached hydrogens (tertiary/aromatic N) is 1. The highest BCUT2D eigenvalue weighted by Gasteiger charge is 2.15. The van der Waals surface area contributed by atoms with Crippen molar-refractivity contribution in [1.29, 1.82) is 0 Å². The number of carbonyl (C=O) groups excluding carboxylic acids is 3. The Morgan fingerprint density at radius 2 is 1.73 bits per heavy atom. The number of methoxy groups -OCH3 is 1. The van der Waals surface area contributed by atoms with Crippen LogP contribution < -0.4 is 25.5 Å². The molecule has 0 atom stereocenters. The lowest BCUT2D eigenvalue weighted by molar-refractivity contribution is -0.139. The molecule has 0 saturated carbocycles. The first-order chi connectivity index (χ1) is 17.8. The topological polar surface area (TPSA) is 118 Å². The van der Waals surface area contributed by atoms with Crippen molar-refractivity contribution in [2.24, 2.45) is 5.10 Å². The molecule has 0 unspecified atom stereocenters. The Kier molecular flexibility index (Phi) is 9.79. The lowest BCUT2D eigenvalue weighted by Gasteiger charge is -2.14. The van der Waals surface area contributed by atoms with Crippen LogP contribution in [-0.4, -0.2) is 37.7 Å². The van der Waals surface area contributed by atoms with E-state index in [0.29, 0.717) is 27.2 Å². The van der Waals surface area contributed by atoms with E-state index in [-0.39, 0.29) is 19.1 Å².